The molecule has 0 aliphatic carbocycles. The number of methoxy groups -OCH3 is 1. The van der Waals surface area contributed by atoms with E-state index in [1.165, 1.54) is 0 Å². The van der Waals surface area contributed by atoms with E-state index in [2.05, 4.69) is 15.5 Å². The fourth-order valence-corrected chi connectivity index (χ4v) is 2.38. The van der Waals surface area contributed by atoms with Gasteiger partial charge in [-0.05, 0) is 7.05 Å². The summed E-state index contributed by atoms with van der Waals surface area (Å²) in [5.74, 6) is 0.197. The van der Waals surface area contributed by atoms with Crippen molar-refractivity contribution in [2.75, 3.05) is 66.6 Å². The van der Waals surface area contributed by atoms with Crippen LogP contribution in [0.1, 0.15) is 6.92 Å². The van der Waals surface area contributed by atoms with Crippen LogP contribution in [0.4, 0.5) is 0 Å². The molecule has 0 bridgehead atoms. The molecule has 1 heterocycles. The van der Waals surface area contributed by atoms with Gasteiger partial charge >= 0.3 is 0 Å². The minimum Gasteiger partial charge on any atom is -0.383 e. The lowest BCUT2D eigenvalue weighted by Crippen LogP contribution is -2.52. The Labute approximate surface area is 151 Å². The number of nitrogens with one attached hydrogen (secondary N) is 2. The summed E-state index contributed by atoms with van der Waals surface area (Å²) < 4.78 is 4.89. The van der Waals surface area contributed by atoms with Gasteiger partial charge in [-0.15, -0.1) is 24.8 Å². The second-order valence-corrected chi connectivity index (χ2v) is 5.40. The van der Waals surface area contributed by atoms with Crippen molar-refractivity contribution in [3.63, 3.8) is 0 Å². The summed E-state index contributed by atoms with van der Waals surface area (Å²) in [5.41, 5.74) is 0. The van der Waals surface area contributed by atoms with Gasteiger partial charge in [-0.25, -0.2) is 0 Å². The Balaban J connectivity index is 0. The molecule has 1 atom stereocenters. The lowest BCUT2D eigenvalue weighted by atomic mass is 10.1. The molecule has 0 aromatic rings. The molecule has 1 saturated heterocycles. The summed E-state index contributed by atoms with van der Waals surface area (Å²) in [6.07, 6.45) is 0. The molecule has 138 valence electrons. The Hall–Kier alpha value is -0.600. The first-order valence-corrected chi connectivity index (χ1v) is 7.49. The van der Waals surface area contributed by atoms with E-state index in [-0.39, 0.29) is 42.5 Å². The second-order valence-electron chi connectivity index (χ2n) is 5.40. The van der Waals surface area contributed by atoms with Crippen LogP contribution in [0.15, 0.2) is 0 Å². The molecule has 23 heavy (non-hydrogen) atoms. The molecular formula is C14H30Cl2N4O3. The number of rotatable bonds is 8. The number of nitrogens with zero attached hydrogens (tertiary/aromatic N) is 2. The Morgan fingerprint density at radius 3 is 2.30 bits per heavy atom. The average Bonchev–Trinajstić information content (AvgIpc) is 2.48. The quantitative estimate of drug-likeness (QED) is 0.566. The van der Waals surface area contributed by atoms with Crippen molar-refractivity contribution in [1.29, 1.82) is 0 Å². The molecule has 0 saturated carbocycles. The highest BCUT2D eigenvalue weighted by molar-refractivity contribution is 5.85. The average molecular weight is 373 g/mol. The van der Waals surface area contributed by atoms with Gasteiger partial charge in [0.2, 0.25) is 11.8 Å². The van der Waals surface area contributed by atoms with Crippen LogP contribution in [0, 0.1) is 5.92 Å². The molecule has 7 nitrogen and oxygen atoms in total. The highest BCUT2D eigenvalue weighted by atomic mass is 35.5. The number of halogens is 2. The van der Waals surface area contributed by atoms with Crippen LogP contribution in [0.5, 0.6) is 0 Å². The van der Waals surface area contributed by atoms with Crippen LogP contribution in [0.2, 0.25) is 0 Å². The molecule has 1 unspecified atom stereocenters. The van der Waals surface area contributed by atoms with Crippen LogP contribution in [-0.2, 0) is 14.3 Å². The fraction of sp³-hybridized carbons (Fsp3) is 0.857. The van der Waals surface area contributed by atoms with Gasteiger partial charge in [0, 0.05) is 52.3 Å². The number of ether oxygens (including phenoxy) is 1. The smallest absolute Gasteiger partial charge is 0.234 e. The third-order valence-electron chi connectivity index (χ3n) is 3.61. The largest absolute Gasteiger partial charge is 0.383 e. The molecule has 0 aromatic carbocycles. The number of hydrogen-bond acceptors (Lipinski definition) is 5. The van der Waals surface area contributed by atoms with E-state index in [9.17, 15) is 9.59 Å². The van der Waals surface area contributed by atoms with Crippen LogP contribution >= 0.6 is 24.8 Å². The van der Waals surface area contributed by atoms with Gasteiger partial charge < -0.3 is 20.3 Å². The van der Waals surface area contributed by atoms with Crippen LogP contribution < -0.4 is 10.6 Å². The number of carbonyl (C=O) groups excluding carboxylic acids is 2. The van der Waals surface area contributed by atoms with E-state index in [1.807, 2.05) is 18.9 Å². The van der Waals surface area contributed by atoms with E-state index >= 15 is 0 Å². The van der Waals surface area contributed by atoms with Gasteiger partial charge in [0.25, 0.3) is 0 Å². The first-order chi connectivity index (χ1) is 10.1. The third-order valence-corrected chi connectivity index (χ3v) is 3.61. The predicted octanol–water partition coefficient (Wildman–Crippen LogP) is -0.408. The molecule has 1 aliphatic rings. The standard InChI is InChI=1S/C14H28N4O3.2ClH/c1-12(10-15-2)14(20)18-7-5-17(6-8-18)11-13(19)16-4-9-21-3;;/h12,15H,4-11H2,1-3H3,(H,16,19);2*1H. The predicted molar refractivity (Wildman–Crippen MR) is 95.5 cm³/mol. The summed E-state index contributed by atoms with van der Waals surface area (Å²) in [4.78, 5) is 27.8. The maximum absolute atomic E-state index is 12.2. The fourth-order valence-electron chi connectivity index (χ4n) is 2.38. The zero-order valence-corrected chi connectivity index (χ0v) is 15.8. The number of amides is 2. The molecule has 2 amide bonds. The van der Waals surface area contributed by atoms with Gasteiger partial charge in [-0.2, -0.15) is 0 Å². The summed E-state index contributed by atoms with van der Waals surface area (Å²) in [5, 5.41) is 5.83. The van der Waals surface area contributed by atoms with Crippen molar-refractivity contribution in [3.8, 4) is 0 Å². The molecular weight excluding hydrogens is 343 g/mol. The SMILES string of the molecule is CNCC(C)C(=O)N1CCN(CC(=O)NCCOC)CC1.Cl.Cl. The maximum Gasteiger partial charge on any atom is 0.234 e. The Bertz CT molecular complexity index is 340. The number of piperazine rings is 1. The van der Waals surface area contributed by atoms with Gasteiger partial charge in [0.15, 0.2) is 0 Å². The Kier molecular flexibility index (Phi) is 14.8. The lowest BCUT2D eigenvalue weighted by molar-refractivity contribution is -0.136. The van der Waals surface area contributed by atoms with Gasteiger partial charge in [-0.1, -0.05) is 6.92 Å². The number of hydrogen-bond donors (Lipinski definition) is 2. The molecule has 2 N–H and O–H groups in total. The minimum atomic E-state index is -0.00103. The molecule has 0 radical (unpaired) electrons. The van der Waals surface area contributed by atoms with Gasteiger partial charge in [0.05, 0.1) is 13.2 Å². The summed E-state index contributed by atoms with van der Waals surface area (Å²) in [7, 11) is 3.46. The van der Waals surface area contributed by atoms with E-state index in [0.29, 0.717) is 39.3 Å². The van der Waals surface area contributed by atoms with E-state index in [1.54, 1.807) is 7.11 Å². The van der Waals surface area contributed by atoms with Crippen LogP contribution in [0.3, 0.4) is 0 Å². The maximum atomic E-state index is 12.2. The lowest BCUT2D eigenvalue weighted by Gasteiger charge is -2.35. The minimum absolute atomic E-state index is 0. The van der Waals surface area contributed by atoms with Crippen molar-refractivity contribution >= 4 is 36.6 Å². The van der Waals surface area contributed by atoms with Crippen molar-refractivity contribution in [2.45, 2.75) is 6.92 Å². The van der Waals surface area contributed by atoms with Gasteiger partial charge in [0.1, 0.15) is 0 Å². The molecule has 0 spiro atoms. The van der Waals surface area contributed by atoms with E-state index in [0.717, 1.165) is 13.1 Å². The monoisotopic (exact) mass is 372 g/mol. The first-order valence-electron chi connectivity index (χ1n) is 7.49. The Morgan fingerprint density at radius 1 is 1.17 bits per heavy atom. The van der Waals surface area contributed by atoms with Crippen LogP contribution in [0.25, 0.3) is 0 Å². The highest BCUT2D eigenvalue weighted by Crippen LogP contribution is 2.07. The zero-order chi connectivity index (χ0) is 15.7. The normalized spacial score (nSPS) is 16.0. The van der Waals surface area contributed by atoms with E-state index < -0.39 is 0 Å². The van der Waals surface area contributed by atoms with Crippen LogP contribution in [-0.4, -0.2) is 88.2 Å². The summed E-state index contributed by atoms with van der Waals surface area (Å²) in [6, 6.07) is 0. The number of carbonyl (C=O) groups is 2. The molecule has 1 aliphatic heterocycles. The van der Waals surface area contributed by atoms with Gasteiger partial charge in [-0.3, -0.25) is 14.5 Å². The van der Waals surface area contributed by atoms with Crippen molar-refractivity contribution < 1.29 is 14.3 Å². The molecule has 1 rings (SSSR count). The molecule has 9 heteroatoms. The first kappa shape index (κ1) is 24.6. The second kappa shape index (κ2) is 13.8. The van der Waals surface area contributed by atoms with E-state index in [4.69, 9.17) is 4.74 Å². The van der Waals surface area contributed by atoms with Crippen molar-refractivity contribution in [3.05, 3.63) is 0 Å². The van der Waals surface area contributed by atoms with Crippen molar-refractivity contribution in [2.24, 2.45) is 5.92 Å². The van der Waals surface area contributed by atoms with Crippen molar-refractivity contribution in [1.82, 2.24) is 20.4 Å². The summed E-state index contributed by atoms with van der Waals surface area (Å²) >= 11 is 0. The third kappa shape index (κ3) is 9.32. The Morgan fingerprint density at radius 2 is 1.78 bits per heavy atom. The zero-order valence-electron chi connectivity index (χ0n) is 14.2. The molecule has 0 aromatic heterocycles. The highest BCUT2D eigenvalue weighted by Gasteiger charge is 2.25. The topological polar surface area (TPSA) is 73.9 Å². The molecule has 1 fully saturated rings. The summed E-state index contributed by atoms with van der Waals surface area (Å²) in [6.45, 7) is 6.96.